The number of aromatic nitrogens is 3. The molecule has 2 aromatic heterocycles. The Morgan fingerprint density at radius 2 is 1.88 bits per heavy atom. The summed E-state index contributed by atoms with van der Waals surface area (Å²) in [6, 6.07) is 18.5. The van der Waals surface area contributed by atoms with Gasteiger partial charge in [-0.3, -0.25) is 9.89 Å². The molecule has 0 bridgehead atoms. The van der Waals surface area contributed by atoms with Crippen molar-refractivity contribution in [3.63, 3.8) is 0 Å². The van der Waals surface area contributed by atoms with E-state index in [9.17, 15) is 0 Å². The summed E-state index contributed by atoms with van der Waals surface area (Å²) < 4.78 is 8.35. The average Bonchev–Trinajstić information content (AvgIpc) is 3.61. The van der Waals surface area contributed by atoms with Crippen LogP contribution in [0, 0.1) is 6.92 Å². The molecule has 0 amide bonds. The van der Waals surface area contributed by atoms with Crippen LogP contribution in [-0.2, 0) is 19.7 Å². The van der Waals surface area contributed by atoms with Gasteiger partial charge in [0.1, 0.15) is 18.2 Å². The van der Waals surface area contributed by atoms with Crippen LogP contribution in [0.5, 0.6) is 5.88 Å². The van der Waals surface area contributed by atoms with Crippen molar-refractivity contribution >= 4 is 42.8 Å². The number of imidazole rings is 1. The lowest BCUT2D eigenvalue weighted by molar-refractivity contribution is 0.241. The molecule has 2 N–H and O–H groups in total. The van der Waals surface area contributed by atoms with Crippen molar-refractivity contribution in [2.24, 2.45) is 10.7 Å². The third kappa shape index (κ3) is 6.19. The Morgan fingerprint density at radius 3 is 2.63 bits per heavy atom. The minimum absolute atomic E-state index is 0.494. The summed E-state index contributed by atoms with van der Waals surface area (Å²) in [5.41, 5.74) is 13.1. The van der Waals surface area contributed by atoms with Crippen LogP contribution in [0.15, 0.2) is 78.4 Å². The Hall–Kier alpha value is -4.00. The monoisotopic (exact) mass is 565 g/mol. The van der Waals surface area contributed by atoms with Crippen LogP contribution in [0.2, 0.25) is 0 Å². The molecule has 1 fully saturated rings. The van der Waals surface area contributed by atoms with Crippen molar-refractivity contribution in [3.05, 3.63) is 96.0 Å². The largest absolute Gasteiger partial charge is 0.473 e. The molecule has 210 valence electrons. The van der Waals surface area contributed by atoms with Crippen molar-refractivity contribution in [1.82, 2.24) is 19.4 Å². The summed E-state index contributed by atoms with van der Waals surface area (Å²) in [6.45, 7) is 11.6. The van der Waals surface area contributed by atoms with Crippen LogP contribution in [0.25, 0.3) is 16.7 Å². The van der Waals surface area contributed by atoms with Gasteiger partial charge in [-0.25, -0.2) is 4.98 Å². The molecule has 4 heterocycles. The van der Waals surface area contributed by atoms with Gasteiger partial charge in [-0.05, 0) is 41.6 Å². The molecule has 0 spiro atoms. The number of hydrogen-bond acceptors (Lipinski definition) is 7. The smallest absolute Gasteiger partial charge is 0.215 e. The van der Waals surface area contributed by atoms with Crippen molar-refractivity contribution in [1.29, 1.82) is 0 Å². The second-order valence-corrected chi connectivity index (χ2v) is 11.3. The molecule has 41 heavy (non-hydrogen) atoms. The number of ether oxygens (including phenoxy) is 1. The normalized spacial score (nSPS) is 15.5. The van der Waals surface area contributed by atoms with E-state index in [1.165, 1.54) is 5.56 Å². The molecular weight excluding hydrogens is 529 g/mol. The minimum Gasteiger partial charge on any atom is -0.473 e. The fraction of sp³-hybridized carbons (Fsp3) is 0.281. The summed E-state index contributed by atoms with van der Waals surface area (Å²) >= 11 is 0. The number of fused-ring (bicyclic) bond motifs is 1. The van der Waals surface area contributed by atoms with Crippen molar-refractivity contribution in [2.75, 3.05) is 31.1 Å². The highest BCUT2D eigenvalue weighted by Gasteiger charge is 2.22. The van der Waals surface area contributed by atoms with E-state index in [2.05, 4.69) is 78.5 Å². The van der Waals surface area contributed by atoms with Gasteiger partial charge in [0, 0.05) is 56.3 Å². The van der Waals surface area contributed by atoms with E-state index in [0.29, 0.717) is 18.2 Å². The van der Waals surface area contributed by atoms with Gasteiger partial charge in [-0.2, -0.15) is 4.98 Å². The average molecular weight is 566 g/mol. The minimum atomic E-state index is 0.494. The predicted molar refractivity (Wildman–Crippen MR) is 171 cm³/mol. The van der Waals surface area contributed by atoms with Crippen LogP contribution in [0.3, 0.4) is 0 Å². The fourth-order valence-electron chi connectivity index (χ4n) is 5.35. The van der Waals surface area contributed by atoms with Gasteiger partial charge < -0.3 is 19.9 Å². The molecule has 6 rings (SSSR count). The zero-order chi connectivity index (χ0) is 28.3. The highest BCUT2D eigenvalue weighted by Crippen LogP contribution is 2.24. The van der Waals surface area contributed by atoms with Crippen molar-refractivity contribution < 1.29 is 4.74 Å². The standard InChI is InChI=1S/C32H36N7OP/c1-22-8-9-25(29(41)17-22)21-40-32-7-3-6-30(36-32)38-15-13-37(14-16-38)20-31-35-27-11-10-24(23(2)33)18-28(27)39(31)19-26-5-4-12-34-26/h3-4,6-12,17-18H,2,5,13-16,19-21,33,41H2,1H3. The molecule has 4 aromatic rings. The summed E-state index contributed by atoms with van der Waals surface area (Å²) in [4.78, 5) is 19.2. The molecule has 1 saturated heterocycles. The molecule has 0 aliphatic carbocycles. The zero-order valence-electron chi connectivity index (χ0n) is 23.5. The maximum absolute atomic E-state index is 6.06. The topological polar surface area (TPSA) is 84.8 Å². The number of anilines is 1. The Balaban J connectivity index is 1.12. The van der Waals surface area contributed by atoms with Crippen molar-refractivity contribution in [3.8, 4) is 5.88 Å². The second-order valence-electron chi connectivity index (χ2n) is 10.7. The van der Waals surface area contributed by atoms with Gasteiger partial charge in [0.25, 0.3) is 0 Å². The van der Waals surface area contributed by atoms with Crippen LogP contribution >= 0.6 is 9.24 Å². The number of rotatable bonds is 9. The number of aryl methyl sites for hydroxylation is 1. The fourth-order valence-corrected chi connectivity index (χ4v) is 5.79. The lowest BCUT2D eigenvalue weighted by Crippen LogP contribution is -2.46. The molecule has 2 aliphatic heterocycles. The summed E-state index contributed by atoms with van der Waals surface area (Å²) in [6.07, 6.45) is 4.86. The molecule has 2 aromatic carbocycles. The zero-order valence-corrected chi connectivity index (χ0v) is 24.6. The van der Waals surface area contributed by atoms with E-state index in [4.69, 9.17) is 20.4 Å². The van der Waals surface area contributed by atoms with Gasteiger partial charge in [0.05, 0.1) is 24.1 Å². The van der Waals surface area contributed by atoms with E-state index in [0.717, 1.165) is 90.5 Å². The van der Waals surface area contributed by atoms with E-state index in [-0.39, 0.29) is 0 Å². The first-order chi connectivity index (χ1) is 19.9. The number of nitrogens with zero attached hydrogens (tertiary/aromatic N) is 6. The lowest BCUT2D eigenvalue weighted by atomic mass is 10.1. The Labute approximate surface area is 243 Å². The highest BCUT2D eigenvalue weighted by molar-refractivity contribution is 7.27. The molecule has 0 saturated carbocycles. The summed E-state index contributed by atoms with van der Waals surface area (Å²) in [5, 5.41) is 1.16. The quantitative estimate of drug-likeness (QED) is 0.303. The Bertz CT molecular complexity index is 1650. The second kappa shape index (κ2) is 11.9. The first-order valence-corrected chi connectivity index (χ1v) is 14.6. The molecule has 1 unspecified atom stereocenters. The molecule has 0 radical (unpaired) electrons. The van der Waals surface area contributed by atoms with Gasteiger partial charge >= 0.3 is 0 Å². The highest BCUT2D eigenvalue weighted by atomic mass is 31.0. The first-order valence-electron chi connectivity index (χ1n) is 14.0. The van der Waals surface area contributed by atoms with Crippen LogP contribution in [-0.4, -0.2) is 51.3 Å². The molecule has 9 heteroatoms. The molecule has 8 nitrogen and oxygen atoms in total. The number of piperazine rings is 1. The SMILES string of the molecule is C=C(N)c1ccc2nc(CN3CCN(c4cccc(OCc5ccc(C)cc5P)n4)CC3)n(CC3=NC=CC3)c2c1. The van der Waals surface area contributed by atoms with E-state index < -0.39 is 0 Å². The first kappa shape index (κ1) is 27.2. The third-order valence-electron chi connectivity index (χ3n) is 7.70. The van der Waals surface area contributed by atoms with E-state index in [1.807, 2.05) is 30.5 Å². The molecular formula is C32H36N7OP. The molecule has 1 atom stereocenters. The number of nitrogens with two attached hydrogens (primary N) is 1. The molecule has 2 aliphatic rings. The van der Waals surface area contributed by atoms with E-state index in [1.54, 1.807) is 0 Å². The third-order valence-corrected chi connectivity index (χ3v) is 8.24. The van der Waals surface area contributed by atoms with Crippen LogP contribution in [0.1, 0.15) is 28.9 Å². The number of aliphatic imine (C=N–C) groups is 1. The summed E-state index contributed by atoms with van der Waals surface area (Å²) in [5.74, 6) is 2.64. The maximum Gasteiger partial charge on any atom is 0.215 e. The Kier molecular flexibility index (Phi) is 7.86. The summed E-state index contributed by atoms with van der Waals surface area (Å²) in [7, 11) is 2.80. The van der Waals surface area contributed by atoms with Gasteiger partial charge in [-0.1, -0.05) is 48.6 Å². The van der Waals surface area contributed by atoms with Gasteiger partial charge in [0.2, 0.25) is 5.88 Å². The van der Waals surface area contributed by atoms with Crippen LogP contribution in [0.4, 0.5) is 5.82 Å². The van der Waals surface area contributed by atoms with Crippen LogP contribution < -0.4 is 20.7 Å². The van der Waals surface area contributed by atoms with E-state index >= 15 is 0 Å². The lowest BCUT2D eigenvalue weighted by Gasteiger charge is -2.35. The van der Waals surface area contributed by atoms with Gasteiger partial charge in [-0.15, -0.1) is 9.24 Å². The number of benzene rings is 2. The van der Waals surface area contributed by atoms with Gasteiger partial charge in [0.15, 0.2) is 0 Å². The van der Waals surface area contributed by atoms with Crippen molar-refractivity contribution in [2.45, 2.75) is 33.0 Å². The predicted octanol–water partition coefficient (Wildman–Crippen LogP) is 4.43. The number of hydrogen-bond donors (Lipinski definition) is 1. The number of pyridine rings is 1. The maximum atomic E-state index is 6.06. The number of allylic oxidation sites excluding steroid dienone is 1. The Morgan fingerprint density at radius 1 is 1.02 bits per heavy atom.